The fourth-order valence-corrected chi connectivity index (χ4v) is 2.02. The van der Waals surface area contributed by atoms with Crippen molar-refractivity contribution in [3.63, 3.8) is 0 Å². The molecule has 1 fully saturated rings. The summed E-state index contributed by atoms with van der Waals surface area (Å²) in [6.07, 6.45) is -3.77. The van der Waals surface area contributed by atoms with Gasteiger partial charge in [-0.2, -0.15) is 13.2 Å². The molecule has 2 heterocycles. The maximum absolute atomic E-state index is 12.6. The van der Waals surface area contributed by atoms with Crippen molar-refractivity contribution in [2.75, 3.05) is 25.1 Å². The van der Waals surface area contributed by atoms with E-state index in [1.807, 2.05) is 0 Å². The molecule has 1 atom stereocenters. The van der Waals surface area contributed by atoms with Crippen LogP contribution in [0.4, 0.5) is 19.0 Å². The second-order valence-electron chi connectivity index (χ2n) is 3.97. The van der Waals surface area contributed by atoms with Gasteiger partial charge in [-0.3, -0.25) is 0 Å². The zero-order chi connectivity index (χ0) is 13.3. The molecule has 0 bridgehead atoms. The molecule has 0 aliphatic carbocycles. The highest BCUT2D eigenvalue weighted by atomic mass is 35.5. The molecule has 0 N–H and O–H groups in total. The summed E-state index contributed by atoms with van der Waals surface area (Å²) in [6, 6.07) is 0.907. The van der Waals surface area contributed by atoms with E-state index in [4.69, 9.17) is 16.3 Å². The van der Waals surface area contributed by atoms with Gasteiger partial charge in [0.1, 0.15) is 5.82 Å². The highest BCUT2D eigenvalue weighted by Gasteiger charge is 2.34. The molecule has 1 saturated heterocycles. The van der Waals surface area contributed by atoms with Crippen LogP contribution in [0.5, 0.6) is 0 Å². The monoisotopic (exact) mass is 281 g/mol. The van der Waals surface area contributed by atoms with Crippen LogP contribution in [-0.2, 0) is 10.9 Å². The molecule has 1 unspecified atom stereocenters. The minimum Gasteiger partial charge on any atom is -0.380 e. The standard InChI is InChI=1S/C10H11ClF3N3O/c1-18-6-2-3-17(5-6)8-4-7(10(12,13)14)15-9(11)16-8/h4,6H,2-3,5H2,1H3. The molecule has 1 aromatic heterocycles. The number of halogens is 4. The Balaban J connectivity index is 2.26. The predicted molar refractivity (Wildman–Crippen MR) is 59.7 cm³/mol. The zero-order valence-electron chi connectivity index (χ0n) is 9.54. The third kappa shape index (κ3) is 2.84. The smallest absolute Gasteiger partial charge is 0.380 e. The Kier molecular flexibility index (Phi) is 3.63. The van der Waals surface area contributed by atoms with Crippen LogP contribution in [0.2, 0.25) is 5.28 Å². The van der Waals surface area contributed by atoms with Gasteiger partial charge in [0.25, 0.3) is 0 Å². The average molecular weight is 282 g/mol. The largest absolute Gasteiger partial charge is 0.433 e. The van der Waals surface area contributed by atoms with Crippen LogP contribution in [-0.4, -0.2) is 36.3 Å². The van der Waals surface area contributed by atoms with Gasteiger partial charge in [0.2, 0.25) is 5.28 Å². The van der Waals surface area contributed by atoms with Gasteiger partial charge in [-0.15, -0.1) is 0 Å². The first-order valence-electron chi connectivity index (χ1n) is 5.29. The van der Waals surface area contributed by atoms with Crippen LogP contribution in [0.3, 0.4) is 0 Å². The van der Waals surface area contributed by atoms with Gasteiger partial charge in [-0.25, -0.2) is 9.97 Å². The highest BCUT2D eigenvalue weighted by Crippen LogP contribution is 2.31. The SMILES string of the molecule is COC1CCN(c2cc(C(F)(F)F)nc(Cl)n2)C1. The summed E-state index contributed by atoms with van der Waals surface area (Å²) in [5, 5.41) is -0.402. The molecule has 8 heteroatoms. The Labute approximate surface area is 107 Å². The van der Waals surface area contributed by atoms with Crippen molar-refractivity contribution < 1.29 is 17.9 Å². The van der Waals surface area contributed by atoms with Gasteiger partial charge in [-0.1, -0.05) is 0 Å². The number of hydrogen-bond donors (Lipinski definition) is 0. The van der Waals surface area contributed by atoms with Gasteiger partial charge in [0, 0.05) is 26.3 Å². The number of hydrogen-bond acceptors (Lipinski definition) is 4. The summed E-state index contributed by atoms with van der Waals surface area (Å²) >= 11 is 5.52. The molecule has 0 amide bonds. The van der Waals surface area contributed by atoms with Crippen LogP contribution in [0.25, 0.3) is 0 Å². The van der Waals surface area contributed by atoms with Crippen LogP contribution >= 0.6 is 11.6 Å². The Bertz CT molecular complexity index is 441. The number of aromatic nitrogens is 2. The molecule has 4 nitrogen and oxygen atoms in total. The molecule has 0 aromatic carbocycles. The minimum atomic E-state index is -4.53. The summed E-state index contributed by atoms with van der Waals surface area (Å²) in [4.78, 5) is 8.72. The van der Waals surface area contributed by atoms with Gasteiger partial charge in [-0.05, 0) is 18.0 Å². The Morgan fingerprint density at radius 1 is 1.44 bits per heavy atom. The first kappa shape index (κ1) is 13.4. The van der Waals surface area contributed by atoms with E-state index in [2.05, 4.69) is 9.97 Å². The molecular formula is C10H11ClF3N3O. The van der Waals surface area contributed by atoms with Crippen LogP contribution in [0, 0.1) is 0 Å². The van der Waals surface area contributed by atoms with E-state index in [-0.39, 0.29) is 11.9 Å². The minimum absolute atomic E-state index is 0.00748. The molecule has 2 rings (SSSR count). The Hall–Kier alpha value is -1.08. The third-order valence-corrected chi connectivity index (χ3v) is 2.95. The summed E-state index contributed by atoms with van der Waals surface area (Å²) in [6.45, 7) is 1.09. The summed E-state index contributed by atoms with van der Waals surface area (Å²) < 4.78 is 42.9. The van der Waals surface area contributed by atoms with Crippen molar-refractivity contribution in [1.29, 1.82) is 0 Å². The van der Waals surface area contributed by atoms with Gasteiger partial charge < -0.3 is 9.64 Å². The van der Waals surface area contributed by atoms with Crippen LogP contribution < -0.4 is 4.90 Å². The predicted octanol–water partition coefficient (Wildman–Crippen LogP) is 2.37. The van der Waals surface area contributed by atoms with Crippen molar-refractivity contribution in [1.82, 2.24) is 9.97 Å². The number of nitrogens with zero attached hydrogens (tertiary/aromatic N) is 3. The highest BCUT2D eigenvalue weighted by molar-refractivity contribution is 6.28. The molecule has 100 valence electrons. The van der Waals surface area contributed by atoms with Gasteiger partial charge in [0.15, 0.2) is 5.69 Å². The lowest BCUT2D eigenvalue weighted by atomic mass is 10.3. The number of ether oxygens (including phenoxy) is 1. The van der Waals surface area contributed by atoms with E-state index in [0.717, 1.165) is 12.5 Å². The van der Waals surface area contributed by atoms with E-state index >= 15 is 0 Å². The van der Waals surface area contributed by atoms with Crippen molar-refractivity contribution in [2.24, 2.45) is 0 Å². The molecule has 18 heavy (non-hydrogen) atoms. The summed E-state index contributed by atoms with van der Waals surface area (Å²) in [5.41, 5.74) is -1.03. The summed E-state index contributed by atoms with van der Waals surface area (Å²) in [7, 11) is 1.57. The fourth-order valence-electron chi connectivity index (χ4n) is 1.84. The maximum atomic E-state index is 12.6. The average Bonchev–Trinajstić information content (AvgIpc) is 2.75. The van der Waals surface area contributed by atoms with E-state index in [9.17, 15) is 13.2 Å². The van der Waals surface area contributed by atoms with E-state index in [1.54, 1.807) is 12.0 Å². The first-order chi connectivity index (χ1) is 8.40. The molecule has 1 aromatic rings. The Morgan fingerprint density at radius 2 is 2.17 bits per heavy atom. The zero-order valence-corrected chi connectivity index (χ0v) is 10.3. The fraction of sp³-hybridized carbons (Fsp3) is 0.600. The normalized spacial score (nSPS) is 20.5. The van der Waals surface area contributed by atoms with E-state index in [0.29, 0.717) is 13.1 Å². The van der Waals surface area contributed by atoms with Gasteiger partial charge >= 0.3 is 6.18 Å². The van der Waals surface area contributed by atoms with E-state index < -0.39 is 17.2 Å². The quantitative estimate of drug-likeness (QED) is 0.780. The molecule has 0 spiro atoms. The maximum Gasteiger partial charge on any atom is 0.433 e. The second kappa shape index (κ2) is 4.89. The van der Waals surface area contributed by atoms with E-state index in [1.165, 1.54) is 0 Å². The van der Waals surface area contributed by atoms with Crippen molar-refractivity contribution >= 4 is 17.4 Å². The molecule has 0 saturated carbocycles. The first-order valence-corrected chi connectivity index (χ1v) is 5.67. The number of methoxy groups -OCH3 is 1. The molecular weight excluding hydrogens is 271 g/mol. The summed E-state index contributed by atoms with van der Waals surface area (Å²) in [5.74, 6) is 0.182. The lowest BCUT2D eigenvalue weighted by molar-refractivity contribution is -0.141. The molecule has 0 radical (unpaired) electrons. The number of anilines is 1. The van der Waals surface area contributed by atoms with Crippen molar-refractivity contribution in [3.05, 3.63) is 17.0 Å². The lowest BCUT2D eigenvalue weighted by Gasteiger charge is -2.18. The topological polar surface area (TPSA) is 38.2 Å². The molecule has 1 aliphatic rings. The number of alkyl halides is 3. The van der Waals surface area contributed by atoms with Crippen LogP contribution in [0.15, 0.2) is 6.07 Å². The van der Waals surface area contributed by atoms with Crippen LogP contribution in [0.1, 0.15) is 12.1 Å². The lowest BCUT2D eigenvalue weighted by Crippen LogP contribution is -2.24. The Morgan fingerprint density at radius 3 is 2.72 bits per heavy atom. The molecule has 1 aliphatic heterocycles. The number of rotatable bonds is 2. The third-order valence-electron chi connectivity index (χ3n) is 2.78. The second-order valence-corrected chi connectivity index (χ2v) is 4.31. The van der Waals surface area contributed by atoms with Crippen molar-refractivity contribution in [3.8, 4) is 0 Å². The van der Waals surface area contributed by atoms with Gasteiger partial charge in [0.05, 0.1) is 6.10 Å². The van der Waals surface area contributed by atoms with Crippen molar-refractivity contribution in [2.45, 2.75) is 18.7 Å².